The number of piperazine rings is 1. The normalized spacial score (nSPS) is 18.2. The first-order chi connectivity index (χ1) is 11.1. The van der Waals surface area contributed by atoms with Gasteiger partial charge in [0.15, 0.2) is 11.0 Å². The summed E-state index contributed by atoms with van der Waals surface area (Å²) in [4.78, 5) is 30.5. The minimum atomic E-state index is -0.522. The summed E-state index contributed by atoms with van der Waals surface area (Å²) in [5.74, 6) is 0.117. The molecule has 0 aromatic carbocycles. The van der Waals surface area contributed by atoms with E-state index in [4.69, 9.17) is 27.9 Å². The second kappa shape index (κ2) is 6.77. The van der Waals surface area contributed by atoms with Gasteiger partial charge in [-0.25, -0.2) is 19.7 Å². The first-order valence-corrected chi connectivity index (χ1v) is 7.85. The Kier molecular flexibility index (Phi) is 4.74. The molecule has 2 aromatic heterocycles. The van der Waals surface area contributed by atoms with Gasteiger partial charge in [-0.15, -0.1) is 0 Å². The number of esters is 1. The number of anilines is 1. The topological polar surface area (TPSA) is 93.1 Å². The van der Waals surface area contributed by atoms with E-state index in [9.17, 15) is 4.79 Å². The van der Waals surface area contributed by atoms with Crippen molar-refractivity contribution in [3.8, 4) is 0 Å². The SMILES string of the molecule is CCOC(=O)C1CNCCN1c1nc(Cl)nc2c(Cl)ncnc12. The van der Waals surface area contributed by atoms with Gasteiger partial charge in [-0.3, -0.25) is 0 Å². The van der Waals surface area contributed by atoms with Crippen molar-refractivity contribution in [2.45, 2.75) is 13.0 Å². The number of halogens is 2. The molecule has 1 atom stereocenters. The lowest BCUT2D eigenvalue weighted by Gasteiger charge is -2.35. The summed E-state index contributed by atoms with van der Waals surface area (Å²) in [5, 5.41) is 3.37. The lowest BCUT2D eigenvalue weighted by molar-refractivity contribution is -0.144. The molecule has 1 aliphatic heterocycles. The van der Waals surface area contributed by atoms with E-state index in [2.05, 4.69) is 25.3 Å². The Hall–Kier alpha value is -1.77. The number of nitrogens with one attached hydrogen (secondary N) is 1. The highest BCUT2D eigenvalue weighted by molar-refractivity contribution is 6.34. The summed E-state index contributed by atoms with van der Waals surface area (Å²) in [6.07, 6.45) is 1.33. The number of ether oxygens (including phenoxy) is 1. The fourth-order valence-corrected chi connectivity index (χ4v) is 2.82. The minimum absolute atomic E-state index is 0.0188. The van der Waals surface area contributed by atoms with Gasteiger partial charge in [-0.2, -0.15) is 4.98 Å². The predicted octanol–water partition coefficient (Wildman–Crippen LogP) is 1.07. The number of hydrogen-bond donors (Lipinski definition) is 1. The van der Waals surface area contributed by atoms with Crippen LogP contribution < -0.4 is 10.2 Å². The molecular weight excluding hydrogens is 343 g/mol. The highest BCUT2D eigenvalue weighted by atomic mass is 35.5. The van der Waals surface area contributed by atoms with E-state index < -0.39 is 6.04 Å². The quantitative estimate of drug-likeness (QED) is 0.495. The van der Waals surface area contributed by atoms with Gasteiger partial charge in [0, 0.05) is 19.6 Å². The smallest absolute Gasteiger partial charge is 0.330 e. The molecule has 8 nitrogen and oxygen atoms in total. The molecule has 0 bridgehead atoms. The van der Waals surface area contributed by atoms with Crippen LogP contribution in [0, 0.1) is 0 Å². The largest absolute Gasteiger partial charge is 0.464 e. The molecular formula is C13H14Cl2N6O2. The summed E-state index contributed by atoms with van der Waals surface area (Å²) < 4.78 is 5.14. The number of aromatic nitrogens is 4. The number of carbonyl (C=O) groups excluding carboxylic acids is 1. The van der Waals surface area contributed by atoms with Crippen LogP contribution in [-0.4, -0.2) is 58.2 Å². The summed E-state index contributed by atoms with van der Waals surface area (Å²) in [6, 6.07) is -0.522. The van der Waals surface area contributed by atoms with E-state index in [0.29, 0.717) is 43.1 Å². The van der Waals surface area contributed by atoms with Crippen molar-refractivity contribution >= 4 is 46.0 Å². The fourth-order valence-electron chi connectivity index (χ4n) is 2.48. The third-order valence-corrected chi connectivity index (χ3v) is 3.91. The predicted molar refractivity (Wildman–Crippen MR) is 85.8 cm³/mol. The van der Waals surface area contributed by atoms with Gasteiger partial charge in [-0.1, -0.05) is 11.6 Å². The van der Waals surface area contributed by atoms with Crippen molar-refractivity contribution in [1.29, 1.82) is 0 Å². The summed E-state index contributed by atoms with van der Waals surface area (Å²) in [6.45, 7) is 3.76. The molecule has 10 heteroatoms. The molecule has 0 spiro atoms. The highest BCUT2D eigenvalue weighted by Gasteiger charge is 2.32. The van der Waals surface area contributed by atoms with Crippen molar-refractivity contribution in [2.24, 2.45) is 0 Å². The average Bonchev–Trinajstić information content (AvgIpc) is 2.55. The summed E-state index contributed by atoms with van der Waals surface area (Å²) >= 11 is 12.1. The molecule has 0 amide bonds. The third kappa shape index (κ3) is 3.15. The molecule has 23 heavy (non-hydrogen) atoms. The molecule has 0 saturated carbocycles. The van der Waals surface area contributed by atoms with Crippen molar-refractivity contribution in [3.63, 3.8) is 0 Å². The van der Waals surface area contributed by atoms with Crippen LogP contribution in [-0.2, 0) is 9.53 Å². The number of fused-ring (bicyclic) bond motifs is 1. The second-order valence-electron chi connectivity index (χ2n) is 4.84. The molecule has 3 rings (SSSR count). The molecule has 1 aliphatic rings. The van der Waals surface area contributed by atoms with Gasteiger partial charge >= 0.3 is 5.97 Å². The maximum absolute atomic E-state index is 12.2. The van der Waals surface area contributed by atoms with Crippen molar-refractivity contribution < 1.29 is 9.53 Å². The Bertz CT molecular complexity index is 744. The van der Waals surface area contributed by atoms with Crippen molar-refractivity contribution in [1.82, 2.24) is 25.3 Å². The van der Waals surface area contributed by atoms with Crippen LogP contribution in [0.5, 0.6) is 0 Å². The number of hydrogen-bond acceptors (Lipinski definition) is 8. The summed E-state index contributed by atoms with van der Waals surface area (Å²) in [5.41, 5.74) is 0.802. The minimum Gasteiger partial charge on any atom is -0.464 e. The Labute approximate surface area is 142 Å². The monoisotopic (exact) mass is 356 g/mol. The van der Waals surface area contributed by atoms with Crippen molar-refractivity contribution in [2.75, 3.05) is 31.1 Å². The third-order valence-electron chi connectivity index (χ3n) is 3.47. The first-order valence-electron chi connectivity index (χ1n) is 7.09. The molecule has 0 aliphatic carbocycles. The van der Waals surface area contributed by atoms with E-state index in [1.165, 1.54) is 6.33 Å². The van der Waals surface area contributed by atoms with E-state index in [0.717, 1.165) is 0 Å². The second-order valence-corrected chi connectivity index (χ2v) is 5.54. The lowest BCUT2D eigenvalue weighted by atomic mass is 10.2. The van der Waals surface area contributed by atoms with Crippen LogP contribution in [0.25, 0.3) is 11.0 Å². The standard InChI is InChI=1S/C13H14Cl2N6O2/c1-2-23-12(22)7-5-16-3-4-21(7)11-9-8(19-13(15)20-11)10(14)18-6-17-9/h6-7,16H,2-5H2,1H3. The van der Waals surface area contributed by atoms with E-state index in [1.807, 2.05) is 4.90 Å². The molecule has 1 unspecified atom stereocenters. The Morgan fingerprint density at radius 1 is 1.39 bits per heavy atom. The zero-order valence-corrected chi connectivity index (χ0v) is 13.8. The maximum atomic E-state index is 12.2. The summed E-state index contributed by atoms with van der Waals surface area (Å²) in [7, 11) is 0. The number of rotatable bonds is 3. The zero-order valence-electron chi connectivity index (χ0n) is 12.3. The molecule has 1 fully saturated rings. The van der Waals surface area contributed by atoms with Crippen LogP contribution in [0.2, 0.25) is 10.4 Å². The molecule has 1 N–H and O–H groups in total. The van der Waals surface area contributed by atoms with E-state index in [1.54, 1.807) is 6.92 Å². The Morgan fingerprint density at radius 2 is 2.22 bits per heavy atom. The Morgan fingerprint density at radius 3 is 3.00 bits per heavy atom. The van der Waals surface area contributed by atoms with Gasteiger partial charge in [0.2, 0.25) is 5.28 Å². The molecule has 0 radical (unpaired) electrons. The lowest BCUT2D eigenvalue weighted by Crippen LogP contribution is -2.56. The molecule has 122 valence electrons. The van der Waals surface area contributed by atoms with E-state index in [-0.39, 0.29) is 16.4 Å². The first kappa shape index (κ1) is 16.1. The van der Waals surface area contributed by atoms with Crippen LogP contribution in [0.3, 0.4) is 0 Å². The van der Waals surface area contributed by atoms with Crippen LogP contribution in [0.1, 0.15) is 6.92 Å². The van der Waals surface area contributed by atoms with Gasteiger partial charge in [0.05, 0.1) is 6.61 Å². The fraction of sp³-hybridized carbons (Fsp3) is 0.462. The van der Waals surface area contributed by atoms with Crippen LogP contribution in [0.4, 0.5) is 5.82 Å². The van der Waals surface area contributed by atoms with Gasteiger partial charge in [0.25, 0.3) is 0 Å². The number of nitrogens with zero attached hydrogens (tertiary/aromatic N) is 5. The maximum Gasteiger partial charge on any atom is 0.330 e. The average molecular weight is 357 g/mol. The molecule has 3 heterocycles. The van der Waals surface area contributed by atoms with Crippen molar-refractivity contribution in [3.05, 3.63) is 16.8 Å². The zero-order chi connectivity index (χ0) is 16.4. The molecule has 1 saturated heterocycles. The van der Waals surface area contributed by atoms with E-state index >= 15 is 0 Å². The van der Waals surface area contributed by atoms with Gasteiger partial charge in [0.1, 0.15) is 23.4 Å². The van der Waals surface area contributed by atoms with Crippen LogP contribution in [0.15, 0.2) is 6.33 Å². The Balaban J connectivity index is 2.10. The van der Waals surface area contributed by atoms with Gasteiger partial charge in [-0.05, 0) is 18.5 Å². The molecule has 2 aromatic rings. The highest BCUT2D eigenvalue weighted by Crippen LogP contribution is 2.28. The van der Waals surface area contributed by atoms with Gasteiger partial charge < -0.3 is 15.0 Å². The number of carbonyl (C=O) groups is 1. The van der Waals surface area contributed by atoms with Crippen LogP contribution >= 0.6 is 23.2 Å².